The van der Waals surface area contributed by atoms with E-state index in [9.17, 15) is 4.79 Å². The van der Waals surface area contributed by atoms with E-state index in [1.165, 1.54) is 17.4 Å². The molecule has 0 atom stereocenters. The zero-order chi connectivity index (χ0) is 23.6. The highest BCUT2D eigenvalue weighted by Crippen LogP contribution is 2.29. The van der Waals surface area contributed by atoms with E-state index in [0.29, 0.717) is 35.8 Å². The third kappa shape index (κ3) is 7.36. The number of ether oxygens (including phenoxy) is 3. The lowest BCUT2D eigenvalue weighted by Gasteiger charge is -2.12. The van der Waals surface area contributed by atoms with Crippen LogP contribution in [0.2, 0.25) is 0 Å². The second kappa shape index (κ2) is 12.1. The molecule has 1 heterocycles. The van der Waals surface area contributed by atoms with Gasteiger partial charge >= 0.3 is 0 Å². The third-order valence-electron chi connectivity index (χ3n) is 4.76. The number of methoxy groups -OCH3 is 1. The van der Waals surface area contributed by atoms with Crippen molar-refractivity contribution in [1.29, 1.82) is 0 Å². The third-order valence-corrected chi connectivity index (χ3v) is 5.52. The predicted octanol–water partition coefficient (Wildman–Crippen LogP) is 6.29. The Morgan fingerprint density at radius 2 is 1.91 bits per heavy atom. The van der Waals surface area contributed by atoms with Crippen LogP contribution in [0.5, 0.6) is 17.2 Å². The summed E-state index contributed by atoms with van der Waals surface area (Å²) in [5.41, 5.74) is 2.61. The van der Waals surface area contributed by atoms with E-state index < -0.39 is 0 Å². The van der Waals surface area contributed by atoms with Gasteiger partial charge in [0.25, 0.3) is 0 Å². The highest BCUT2D eigenvalue weighted by atomic mass is 32.1. The van der Waals surface area contributed by atoms with Crippen LogP contribution in [0.25, 0.3) is 17.3 Å². The van der Waals surface area contributed by atoms with E-state index in [1.807, 2.05) is 54.8 Å². The number of carbonyl (C=O) groups excluding carboxylic acids is 1. The Hall–Kier alpha value is -3.32. The first-order valence-corrected chi connectivity index (χ1v) is 11.8. The first-order valence-electron chi connectivity index (χ1n) is 11.0. The van der Waals surface area contributed by atoms with Gasteiger partial charge in [0.1, 0.15) is 5.75 Å². The molecule has 1 N–H and O–H groups in total. The second-order valence-electron chi connectivity index (χ2n) is 7.76. The molecule has 0 saturated heterocycles. The van der Waals surface area contributed by atoms with Crippen LogP contribution in [0.15, 0.2) is 53.9 Å². The molecule has 2 aromatic carbocycles. The number of nitrogens with zero attached hydrogens (tertiary/aromatic N) is 1. The number of aromatic nitrogens is 1. The number of anilines is 1. The van der Waals surface area contributed by atoms with Crippen molar-refractivity contribution >= 4 is 28.5 Å². The van der Waals surface area contributed by atoms with E-state index in [2.05, 4.69) is 24.1 Å². The molecule has 0 saturated carbocycles. The maximum absolute atomic E-state index is 12.4. The second-order valence-corrected chi connectivity index (χ2v) is 8.62. The van der Waals surface area contributed by atoms with Crippen LogP contribution in [0, 0.1) is 5.92 Å². The van der Waals surface area contributed by atoms with Crippen molar-refractivity contribution < 1.29 is 19.0 Å². The molecule has 33 heavy (non-hydrogen) atoms. The maximum atomic E-state index is 12.4. The molecule has 0 aliphatic carbocycles. The Morgan fingerprint density at radius 1 is 1.12 bits per heavy atom. The van der Waals surface area contributed by atoms with Crippen molar-refractivity contribution in [2.75, 3.05) is 25.6 Å². The average molecular weight is 467 g/mol. The lowest BCUT2D eigenvalue weighted by atomic mass is 10.1. The summed E-state index contributed by atoms with van der Waals surface area (Å²) in [5.74, 6) is 2.48. The molecule has 3 rings (SSSR count). The molecule has 1 amide bonds. The van der Waals surface area contributed by atoms with Crippen molar-refractivity contribution in [1.82, 2.24) is 4.98 Å². The van der Waals surface area contributed by atoms with Gasteiger partial charge < -0.3 is 14.2 Å². The molecule has 6 nitrogen and oxygen atoms in total. The first kappa shape index (κ1) is 24.3. The molecule has 0 aliphatic heterocycles. The van der Waals surface area contributed by atoms with Crippen LogP contribution in [-0.4, -0.2) is 31.2 Å². The molecule has 0 unspecified atom stereocenters. The van der Waals surface area contributed by atoms with Gasteiger partial charge in [-0.1, -0.05) is 19.9 Å². The van der Waals surface area contributed by atoms with E-state index in [-0.39, 0.29) is 5.91 Å². The number of rotatable bonds is 11. The van der Waals surface area contributed by atoms with Crippen molar-refractivity contribution in [3.05, 3.63) is 59.5 Å². The minimum absolute atomic E-state index is 0.251. The maximum Gasteiger partial charge on any atom is 0.250 e. The number of carbonyl (C=O) groups is 1. The molecule has 0 fully saturated rings. The van der Waals surface area contributed by atoms with Gasteiger partial charge in [-0.2, -0.15) is 0 Å². The average Bonchev–Trinajstić information content (AvgIpc) is 3.27. The lowest BCUT2D eigenvalue weighted by Crippen LogP contribution is -2.07. The topological polar surface area (TPSA) is 69.7 Å². The normalized spacial score (nSPS) is 11.1. The van der Waals surface area contributed by atoms with Crippen LogP contribution < -0.4 is 19.5 Å². The predicted molar refractivity (Wildman–Crippen MR) is 134 cm³/mol. The van der Waals surface area contributed by atoms with E-state index in [0.717, 1.165) is 29.0 Å². The van der Waals surface area contributed by atoms with Crippen LogP contribution in [0.3, 0.4) is 0 Å². The van der Waals surface area contributed by atoms with Gasteiger partial charge in [0.05, 0.1) is 26.0 Å². The van der Waals surface area contributed by atoms with Gasteiger partial charge in [-0.25, -0.2) is 4.98 Å². The van der Waals surface area contributed by atoms with Crippen LogP contribution in [0.4, 0.5) is 5.13 Å². The van der Waals surface area contributed by atoms with Crippen LogP contribution in [0.1, 0.15) is 32.8 Å². The minimum Gasteiger partial charge on any atom is -0.494 e. The van der Waals surface area contributed by atoms with Crippen molar-refractivity contribution in [3.8, 4) is 28.5 Å². The van der Waals surface area contributed by atoms with Gasteiger partial charge in [0.15, 0.2) is 16.6 Å². The summed E-state index contributed by atoms with van der Waals surface area (Å²) in [6.45, 7) is 7.53. The van der Waals surface area contributed by atoms with Gasteiger partial charge in [0.2, 0.25) is 5.91 Å². The largest absolute Gasteiger partial charge is 0.494 e. The summed E-state index contributed by atoms with van der Waals surface area (Å²) < 4.78 is 16.7. The number of nitrogens with one attached hydrogen (secondary N) is 1. The van der Waals surface area contributed by atoms with E-state index in [1.54, 1.807) is 13.2 Å². The lowest BCUT2D eigenvalue weighted by molar-refractivity contribution is -0.111. The molecule has 0 bridgehead atoms. The van der Waals surface area contributed by atoms with Crippen LogP contribution in [-0.2, 0) is 4.79 Å². The van der Waals surface area contributed by atoms with Crippen LogP contribution >= 0.6 is 11.3 Å². The molecule has 7 heteroatoms. The van der Waals surface area contributed by atoms with Gasteiger partial charge in [0, 0.05) is 17.0 Å². The fraction of sp³-hybridized carbons (Fsp3) is 0.308. The van der Waals surface area contributed by atoms with Crippen molar-refractivity contribution in [2.24, 2.45) is 5.92 Å². The van der Waals surface area contributed by atoms with Gasteiger partial charge in [-0.15, -0.1) is 11.3 Å². The number of hydrogen-bond acceptors (Lipinski definition) is 6. The Labute approximate surface area is 199 Å². The number of benzene rings is 2. The SMILES string of the molecule is CCOc1ccc(-c2csc(NC(=O)C=Cc3ccc(OCCC(C)C)c(OC)c3)n2)cc1. The Kier molecular flexibility index (Phi) is 8.89. The molecule has 0 radical (unpaired) electrons. The van der Waals surface area contributed by atoms with Crippen molar-refractivity contribution in [3.63, 3.8) is 0 Å². The highest BCUT2D eigenvalue weighted by molar-refractivity contribution is 7.14. The van der Waals surface area contributed by atoms with E-state index in [4.69, 9.17) is 14.2 Å². The number of hydrogen-bond donors (Lipinski definition) is 1. The highest BCUT2D eigenvalue weighted by Gasteiger charge is 2.08. The summed E-state index contributed by atoms with van der Waals surface area (Å²) >= 11 is 1.38. The van der Waals surface area contributed by atoms with Gasteiger partial charge in [-0.05, 0) is 67.3 Å². The van der Waals surface area contributed by atoms with Gasteiger partial charge in [-0.3, -0.25) is 10.1 Å². The fourth-order valence-corrected chi connectivity index (χ4v) is 3.71. The van der Waals surface area contributed by atoms with E-state index >= 15 is 0 Å². The molecule has 1 aromatic heterocycles. The monoisotopic (exact) mass is 466 g/mol. The molecule has 0 spiro atoms. The molecular weight excluding hydrogens is 436 g/mol. The summed E-state index contributed by atoms with van der Waals surface area (Å²) in [5, 5.41) is 5.27. The Bertz CT molecular complexity index is 1070. The molecule has 174 valence electrons. The summed E-state index contributed by atoms with van der Waals surface area (Å²) in [6.07, 6.45) is 4.19. The molecule has 0 aliphatic rings. The Balaban J connectivity index is 1.58. The molecular formula is C26H30N2O4S. The quantitative estimate of drug-likeness (QED) is 0.336. The standard InChI is InChI=1S/C26H30N2O4S/c1-5-31-21-10-8-20(9-11-21)22-17-33-26(27-22)28-25(29)13-7-19-6-12-23(24(16-19)30-4)32-15-14-18(2)3/h6-13,16-18H,5,14-15H2,1-4H3,(H,27,28,29). The minimum atomic E-state index is -0.251. The smallest absolute Gasteiger partial charge is 0.250 e. The Morgan fingerprint density at radius 3 is 2.61 bits per heavy atom. The number of thiazole rings is 1. The zero-order valence-electron chi connectivity index (χ0n) is 19.5. The first-order chi connectivity index (χ1) is 16.0. The fourth-order valence-electron chi connectivity index (χ4n) is 2.98. The summed E-state index contributed by atoms with van der Waals surface area (Å²) in [6, 6.07) is 13.3. The summed E-state index contributed by atoms with van der Waals surface area (Å²) in [7, 11) is 1.61. The molecule has 3 aromatic rings. The zero-order valence-corrected chi connectivity index (χ0v) is 20.3. The summed E-state index contributed by atoms with van der Waals surface area (Å²) in [4.78, 5) is 16.9. The number of amides is 1. The van der Waals surface area contributed by atoms with Crippen molar-refractivity contribution in [2.45, 2.75) is 27.2 Å².